The number of likely N-dealkylation sites (tertiary alicyclic amines) is 1. The molecule has 1 aliphatic rings. The molecule has 0 bridgehead atoms. The molecule has 3 rings (SSSR count). The van der Waals surface area contributed by atoms with Crippen molar-refractivity contribution in [1.29, 1.82) is 0 Å². The average Bonchev–Trinajstić information content (AvgIpc) is 2.62. The molecule has 0 aromatic heterocycles. The van der Waals surface area contributed by atoms with E-state index in [4.69, 9.17) is 0 Å². The maximum atomic E-state index is 12.8. The number of amides is 1. The van der Waals surface area contributed by atoms with Gasteiger partial charge < -0.3 is 4.90 Å². The van der Waals surface area contributed by atoms with Crippen LogP contribution in [0.1, 0.15) is 41.2 Å². The van der Waals surface area contributed by atoms with E-state index >= 15 is 0 Å². The number of hydrogen-bond acceptors (Lipinski definition) is 3. The van der Waals surface area contributed by atoms with Crippen LogP contribution in [0.25, 0.3) is 0 Å². The maximum absolute atomic E-state index is 12.8. The van der Waals surface area contributed by atoms with Gasteiger partial charge in [0, 0.05) is 24.2 Å². The minimum Gasteiger partial charge on any atom is -0.332 e. The number of rotatable bonds is 3. The molecule has 0 spiro atoms. The number of non-ortho nitro benzene ring substituents is 1. The highest BCUT2D eigenvalue weighted by Crippen LogP contribution is 2.32. The van der Waals surface area contributed by atoms with Crippen molar-refractivity contribution >= 4 is 11.6 Å². The highest BCUT2D eigenvalue weighted by Gasteiger charge is 2.28. The van der Waals surface area contributed by atoms with E-state index in [-0.39, 0.29) is 17.6 Å². The molecular weight excluding hydrogens is 292 g/mol. The summed E-state index contributed by atoms with van der Waals surface area (Å²) in [6, 6.07) is 15.8. The van der Waals surface area contributed by atoms with Gasteiger partial charge in [-0.25, -0.2) is 0 Å². The van der Waals surface area contributed by atoms with E-state index in [1.165, 1.54) is 12.1 Å². The van der Waals surface area contributed by atoms with Crippen molar-refractivity contribution in [2.75, 3.05) is 6.54 Å². The van der Waals surface area contributed by atoms with Gasteiger partial charge in [0.2, 0.25) is 0 Å². The number of piperidine rings is 1. The first kappa shape index (κ1) is 15.2. The summed E-state index contributed by atoms with van der Waals surface area (Å²) in [5.74, 6) is 0.0219. The molecule has 2 aromatic rings. The van der Waals surface area contributed by atoms with Crippen molar-refractivity contribution in [1.82, 2.24) is 4.90 Å². The van der Waals surface area contributed by atoms with Crippen LogP contribution in [0.15, 0.2) is 54.6 Å². The Morgan fingerprint density at radius 2 is 1.74 bits per heavy atom. The normalized spacial score (nSPS) is 17.7. The van der Waals surface area contributed by atoms with E-state index < -0.39 is 4.92 Å². The molecule has 1 amide bonds. The Bertz CT molecular complexity index is 698. The van der Waals surface area contributed by atoms with E-state index in [1.807, 2.05) is 35.2 Å². The first-order valence-corrected chi connectivity index (χ1v) is 7.77. The molecule has 1 fully saturated rings. The van der Waals surface area contributed by atoms with Crippen LogP contribution in [0.5, 0.6) is 0 Å². The van der Waals surface area contributed by atoms with Crippen molar-refractivity contribution in [3.05, 3.63) is 75.8 Å². The van der Waals surface area contributed by atoms with E-state index in [9.17, 15) is 14.9 Å². The summed E-state index contributed by atoms with van der Waals surface area (Å²) in [7, 11) is 0. The molecule has 2 aromatic carbocycles. The Kier molecular flexibility index (Phi) is 4.37. The fraction of sp³-hybridized carbons (Fsp3) is 0.278. The lowest BCUT2D eigenvalue weighted by molar-refractivity contribution is -0.384. The predicted octanol–water partition coefficient (Wildman–Crippen LogP) is 3.96. The van der Waals surface area contributed by atoms with Crippen LogP contribution in [0.3, 0.4) is 0 Å². The predicted molar refractivity (Wildman–Crippen MR) is 87.2 cm³/mol. The molecule has 0 aliphatic carbocycles. The summed E-state index contributed by atoms with van der Waals surface area (Å²) < 4.78 is 0. The second-order valence-corrected chi connectivity index (χ2v) is 5.72. The van der Waals surface area contributed by atoms with Crippen LogP contribution in [-0.2, 0) is 0 Å². The first-order valence-electron chi connectivity index (χ1n) is 7.77. The monoisotopic (exact) mass is 310 g/mol. The molecule has 1 atom stereocenters. The highest BCUT2D eigenvalue weighted by atomic mass is 16.6. The average molecular weight is 310 g/mol. The van der Waals surface area contributed by atoms with Crippen molar-refractivity contribution in [3.8, 4) is 0 Å². The van der Waals surface area contributed by atoms with Gasteiger partial charge in [-0.15, -0.1) is 0 Å². The number of nitro groups is 1. The Morgan fingerprint density at radius 1 is 1.04 bits per heavy atom. The SMILES string of the molecule is O=C(c1ccccc1)N1CCCCC1c1ccc([N+](=O)[O-])cc1. The zero-order valence-corrected chi connectivity index (χ0v) is 12.7. The lowest BCUT2D eigenvalue weighted by atomic mass is 9.94. The minimum atomic E-state index is -0.405. The van der Waals surface area contributed by atoms with Crippen LogP contribution in [0.2, 0.25) is 0 Å². The molecule has 23 heavy (non-hydrogen) atoms. The molecule has 1 unspecified atom stereocenters. The highest BCUT2D eigenvalue weighted by molar-refractivity contribution is 5.94. The number of hydrogen-bond donors (Lipinski definition) is 0. The van der Waals surface area contributed by atoms with Gasteiger partial charge >= 0.3 is 0 Å². The Labute approximate surface area is 134 Å². The summed E-state index contributed by atoms with van der Waals surface area (Å²) in [5.41, 5.74) is 1.71. The summed E-state index contributed by atoms with van der Waals surface area (Å²) in [6.45, 7) is 0.718. The van der Waals surface area contributed by atoms with E-state index in [0.29, 0.717) is 5.56 Å². The van der Waals surface area contributed by atoms with Crippen molar-refractivity contribution < 1.29 is 9.72 Å². The maximum Gasteiger partial charge on any atom is 0.269 e. The van der Waals surface area contributed by atoms with E-state index in [2.05, 4.69) is 0 Å². The van der Waals surface area contributed by atoms with Gasteiger partial charge in [0.15, 0.2) is 0 Å². The van der Waals surface area contributed by atoms with Gasteiger partial charge in [0.05, 0.1) is 11.0 Å². The van der Waals surface area contributed by atoms with Crippen LogP contribution in [0.4, 0.5) is 5.69 Å². The standard InChI is InChI=1S/C18H18N2O3/c21-18(15-6-2-1-3-7-15)19-13-5-4-8-17(19)14-9-11-16(12-10-14)20(22)23/h1-3,6-7,9-12,17H,4-5,8,13H2. The summed E-state index contributed by atoms with van der Waals surface area (Å²) in [5, 5.41) is 10.8. The second kappa shape index (κ2) is 6.60. The molecule has 5 nitrogen and oxygen atoms in total. The van der Waals surface area contributed by atoms with Gasteiger partial charge in [0.25, 0.3) is 11.6 Å². The Hall–Kier alpha value is -2.69. The molecule has 1 saturated heterocycles. The van der Waals surface area contributed by atoms with Gasteiger partial charge in [-0.3, -0.25) is 14.9 Å². The smallest absolute Gasteiger partial charge is 0.269 e. The van der Waals surface area contributed by atoms with Crippen LogP contribution in [0, 0.1) is 10.1 Å². The largest absolute Gasteiger partial charge is 0.332 e. The molecule has 1 aliphatic heterocycles. The van der Waals surface area contributed by atoms with E-state index in [0.717, 1.165) is 31.4 Å². The van der Waals surface area contributed by atoms with Gasteiger partial charge in [-0.1, -0.05) is 30.3 Å². The third-order valence-corrected chi connectivity index (χ3v) is 4.27. The van der Waals surface area contributed by atoms with Gasteiger partial charge in [-0.05, 0) is 37.0 Å². The van der Waals surface area contributed by atoms with Crippen LogP contribution < -0.4 is 0 Å². The second-order valence-electron chi connectivity index (χ2n) is 5.72. The molecule has 5 heteroatoms. The first-order chi connectivity index (χ1) is 11.2. The lowest BCUT2D eigenvalue weighted by Gasteiger charge is -2.36. The molecular formula is C18H18N2O3. The lowest BCUT2D eigenvalue weighted by Crippen LogP contribution is -2.38. The number of benzene rings is 2. The molecule has 0 radical (unpaired) electrons. The zero-order chi connectivity index (χ0) is 16.2. The number of nitrogens with zero attached hydrogens (tertiary/aromatic N) is 2. The van der Waals surface area contributed by atoms with Crippen molar-refractivity contribution in [2.24, 2.45) is 0 Å². The minimum absolute atomic E-state index is 0.0164. The quantitative estimate of drug-likeness (QED) is 0.636. The zero-order valence-electron chi connectivity index (χ0n) is 12.7. The van der Waals surface area contributed by atoms with Gasteiger partial charge in [-0.2, -0.15) is 0 Å². The van der Waals surface area contributed by atoms with E-state index in [1.54, 1.807) is 12.1 Å². The molecule has 1 heterocycles. The number of nitro benzene ring substituents is 1. The van der Waals surface area contributed by atoms with Crippen LogP contribution in [-0.4, -0.2) is 22.3 Å². The third kappa shape index (κ3) is 3.23. The summed E-state index contributed by atoms with van der Waals surface area (Å²) >= 11 is 0. The van der Waals surface area contributed by atoms with Gasteiger partial charge in [0.1, 0.15) is 0 Å². The van der Waals surface area contributed by atoms with Crippen LogP contribution >= 0.6 is 0 Å². The molecule has 0 saturated carbocycles. The fourth-order valence-corrected chi connectivity index (χ4v) is 3.09. The fourth-order valence-electron chi connectivity index (χ4n) is 3.09. The topological polar surface area (TPSA) is 63.5 Å². The Morgan fingerprint density at radius 3 is 2.39 bits per heavy atom. The summed E-state index contributed by atoms with van der Waals surface area (Å²) in [6.07, 6.45) is 2.93. The third-order valence-electron chi connectivity index (χ3n) is 4.27. The Balaban J connectivity index is 1.86. The van der Waals surface area contributed by atoms with Crippen molar-refractivity contribution in [3.63, 3.8) is 0 Å². The number of carbonyl (C=O) groups excluding carboxylic acids is 1. The molecule has 0 N–H and O–H groups in total. The molecule has 118 valence electrons. The number of carbonyl (C=O) groups is 1. The van der Waals surface area contributed by atoms with Crippen molar-refractivity contribution in [2.45, 2.75) is 25.3 Å². The summed E-state index contributed by atoms with van der Waals surface area (Å²) in [4.78, 5) is 25.0.